The number of carbonyl (C=O) groups excluding carboxylic acids is 1. The average molecular weight is 302 g/mol. The summed E-state index contributed by atoms with van der Waals surface area (Å²) < 4.78 is 0. The van der Waals surface area contributed by atoms with Crippen LogP contribution >= 0.6 is 0 Å². The molecule has 1 aromatic carbocycles. The van der Waals surface area contributed by atoms with Crippen molar-refractivity contribution in [1.82, 2.24) is 10.2 Å². The molecule has 1 aliphatic heterocycles. The molecule has 3 heteroatoms. The quantitative estimate of drug-likeness (QED) is 0.838. The van der Waals surface area contributed by atoms with Crippen molar-refractivity contribution < 1.29 is 4.79 Å². The van der Waals surface area contributed by atoms with E-state index < -0.39 is 0 Å². The Morgan fingerprint density at radius 3 is 2.64 bits per heavy atom. The fourth-order valence-electron chi connectivity index (χ4n) is 3.07. The van der Waals surface area contributed by atoms with Crippen LogP contribution in [0.25, 0.3) is 0 Å². The molecular formula is C19H30N2O. The molecule has 1 aromatic rings. The number of likely N-dealkylation sites (tertiary alicyclic amines) is 1. The minimum atomic E-state index is 0.190. The van der Waals surface area contributed by atoms with E-state index >= 15 is 0 Å². The molecule has 3 nitrogen and oxygen atoms in total. The molecule has 0 spiro atoms. The van der Waals surface area contributed by atoms with Gasteiger partial charge in [-0.05, 0) is 76.2 Å². The van der Waals surface area contributed by atoms with E-state index in [9.17, 15) is 4.79 Å². The zero-order valence-electron chi connectivity index (χ0n) is 14.3. The molecule has 2 rings (SSSR count). The lowest BCUT2D eigenvalue weighted by Crippen LogP contribution is -2.40. The number of carbonyl (C=O) groups is 1. The van der Waals surface area contributed by atoms with Crippen LogP contribution in [0.4, 0.5) is 0 Å². The Morgan fingerprint density at radius 1 is 1.23 bits per heavy atom. The van der Waals surface area contributed by atoms with Gasteiger partial charge >= 0.3 is 0 Å². The van der Waals surface area contributed by atoms with Gasteiger partial charge in [-0.3, -0.25) is 9.69 Å². The fraction of sp³-hybridized carbons (Fsp3) is 0.632. The first-order valence-electron chi connectivity index (χ1n) is 8.63. The third kappa shape index (κ3) is 5.13. The molecule has 1 amide bonds. The van der Waals surface area contributed by atoms with Crippen LogP contribution < -0.4 is 5.32 Å². The van der Waals surface area contributed by atoms with Gasteiger partial charge in [-0.25, -0.2) is 0 Å². The van der Waals surface area contributed by atoms with Gasteiger partial charge in [-0.1, -0.05) is 18.2 Å². The average Bonchev–Trinajstić information content (AvgIpc) is 3.03. The molecule has 0 aromatic heterocycles. The van der Waals surface area contributed by atoms with Crippen LogP contribution in [0.15, 0.2) is 18.2 Å². The van der Waals surface area contributed by atoms with Crippen LogP contribution in [0.2, 0.25) is 0 Å². The summed E-state index contributed by atoms with van der Waals surface area (Å²) >= 11 is 0. The lowest BCUT2D eigenvalue weighted by molar-refractivity contribution is -0.121. The van der Waals surface area contributed by atoms with Gasteiger partial charge in [0.05, 0.1) is 0 Å². The smallest absolute Gasteiger partial charge is 0.220 e. The standard InChI is InChI=1S/C19H30N2O/c1-15-9-10-18(13-16(15)2)7-6-8-19(22)20-14-17(3)21-11-4-5-12-21/h9-10,13,17H,4-8,11-12,14H2,1-3H3,(H,20,22). The van der Waals surface area contributed by atoms with E-state index in [0.717, 1.165) is 19.4 Å². The first kappa shape index (κ1) is 17.0. The Hall–Kier alpha value is -1.35. The van der Waals surface area contributed by atoms with E-state index in [0.29, 0.717) is 12.5 Å². The largest absolute Gasteiger partial charge is 0.355 e. The Bertz CT molecular complexity index is 492. The lowest BCUT2D eigenvalue weighted by atomic mass is 10.0. The van der Waals surface area contributed by atoms with Crippen LogP contribution in [-0.2, 0) is 11.2 Å². The number of nitrogens with one attached hydrogen (secondary N) is 1. The van der Waals surface area contributed by atoms with Gasteiger partial charge in [-0.15, -0.1) is 0 Å². The van der Waals surface area contributed by atoms with Gasteiger partial charge in [-0.2, -0.15) is 0 Å². The molecule has 1 aliphatic rings. The number of aryl methyl sites for hydroxylation is 3. The second-order valence-electron chi connectivity index (χ2n) is 6.67. The van der Waals surface area contributed by atoms with E-state index in [4.69, 9.17) is 0 Å². The predicted octanol–water partition coefficient (Wildman–Crippen LogP) is 3.23. The lowest BCUT2D eigenvalue weighted by Gasteiger charge is -2.23. The normalized spacial score (nSPS) is 16.7. The van der Waals surface area contributed by atoms with Crippen molar-refractivity contribution in [2.75, 3.05) is 19.6 Å². The minimum Gasteiger partial charge on any atom is -0.355 e. The first-order chi connectivity index (χ1) is 10.6. The maximum Gasteiger partial charge on any atom is 0.220 e. The monoisotopic (exact) mass is 302 g/mol. The minimum absolute atomic E-state index is 0.190. The van der Waals surface area contributed by atoms with Crippen molar-refractivity contribution in [2.45, 2.75) is 58.9 Å². The van der Waals surface area contributed by atoms with E-state index in [-0.39, 0.29) is 5.91 Å². The second-order valence-corrected chi connectivity index (χ2v) is 6.67. The van der Waals surface area contributed by atoms with Crippen molar-refractivity contribution in [3.63, 3.8) is 0 Å². The van der Waals surface area contributed by atoms with Crippen molar-refractivity contribution in [2.24, 2.45) is 0 Å². The summed E-state index contributed by atoms with van der Waals surface area (Å²) in [4.78, 5) is 14.4. The molecule has 122 valence electrons. The van der Waals surface area contributed by atoms with E-state index in [1.807, 2.05) is 0 Å². The molecule has 1 saturated heterocycles. The van der Waals surface area contributed by atoms with E-state index in [1.165, 1.54) is 42.6 Å². The van der Waals surface area contributed by atoms with E-state index in [2.05, 4.69) is 49.2 Å². The predicted molar refractivity (Wildman–Crippen MR) is 92.1 cm³/mol. The van der Waals surface area contributed by atoms with Crippen LogP contribution in [0, 0.1) is 13.8 Å². The molecule has 0 aliphatic carbocycles. The fourth-order valence-corrected chi connectivity index (χ4v) is 3.07. The number of nitrogens with zero attached hydrogens (tertiary/aromatic N) is 1. The third-order valence-corrected chi connectivity index (χ3v) is 4.80. The summed E-state index contributed by atoms with van der Waals surface area (Å²) in [5.74, 6) is 0.190. The highest BCUT2D eigenvalue weighted by atomic mass is 16.1. The third-order valence-electron chi connectivity index (χ3n) is 4.80. The summed E-state index contributed by atoms with van der Waals surface area (Å²) in [5, 5.41) is 3.09. The molecule has 0 saturated carbocycles. The summed E-state index contributed by atoms with van der Waals surface area (Å²) in [6.07, 6.45) is 5.13. The Labute approximate surface area is 135 Å². The van der Waals surface area contributed by atoms with Gasteiger partial charge < -0.3 is 5.32 Å². The van der Waals surface area contributed by atoms with Crippen molar-refractivity contribution in [3.8, 4) is 0 Å². The number of hydrogen-bond donors (Lipinski definition) is 1. The van der Waals surface area contributed by atoms with Crippen LogP contribution in [0.1, 0.15) is 49.3 Å². The zero-order valence-corrected chi connectivity index (χ0v) is 14.3. The van der Waals surface area contributed by atoms with Gasteiger partial charge in [0.2, 0.25) is 5.91 Å². The Morgan fingerprint density at radius 2 is 1.95 bits per heavy atom. The molecule has 1 atom stereocenters. The summed E-state index contributed by atoms with van der Waals surface area (Å²) in [7, 11) is 0. The second kappa shape index (κ2) is 8.33. The highest BCUT2D eigenvalue weighted by Crippen LogP contribution is 2.13. The molecule has 1 heterocycles. The van der Waals surface area contributed by atoms with Crippen LogP contribution in [-0.4, -0.2) is 36.5 Å². The highest BCUT2D eigenvalue weighted by Gasteiger charge is 2.18. The molecule has 1 N–H and O–H groups in total. The Kier molecular flexibility index (Phi) is 6.44. The molecule has 1 unspecified atom stereocenters. The van der Waals surface area contributed by atoms with Crippen LogP contribution in [0.5, 0.6) is 0 Å². The maximum atomic E-state index is 11.9. The molecule has 0 radical (unpaired) electrons. The molecular weight excluding hydrogens is 272 g/mol. The summed E-state index contributed by atoms with van der Waals surface area (Å²) in [6.45, 7) is 9.64. The van der Waals surface area contributed by atoms with Gasteiger partial charge in [0.25, 0.3) is 0 Å². The number of benzene rings is 1. The molecule has 22 heavy (non-hydrogen) atoms. The number of amides is 1. The van der Waals surface area contributed by atoms with Crippen molar-refractivity contribution in [3.05, 3.63) is 34.9 Å². The van der Waals surface area contributed by atoms with E-state index in [1.54, 1.807) is 0 Å². The zero-order chi connectivity index (χ0) is 15.9. The topological polar surface area (TPSA) is 32.3 Å². The van der Waals surface area contributed by atoms with Crippen LogP contribution in [0.3, 0.4) is 0 Å². The van der Waals surface area contributed by atoms with Gasteiger partial charge in [0, 0.05) is 19.0 Å². The molecule has 0 bridgehead atoms. The van der Waals surface area contributed by atoms with Gasteiger partial charge in [0.1, 0.15) is 0 Å². The maximum absolute atomic E-state index is 11.9. The Balaban J connectivity index is 1.63. The summed E-state index contributed by atoms with van der Waals surface area (Å²) in [6, 6.07) is 7.05. The summed E-state index contributed by atoms with van der Waals surface area (Å²) in [5.41, 5.74) is 4.00. The van der Waals surface area contributed by atoms with Gasteiger partial charge in [0.15, 0.2) is 0 Å². The number of rotatable bonds is 7. The first-order valence-corrected chi connectivity index (χ1v) is 8.63. The SMILES string of the molecule is Cc1ccc(CCCC(=O)NCC(C)N2CCCC2)cc1C. The van der Waals surface area contributed by atoms with Crippen molar-refractivity contribution >= 4 is 5.91 Å². The van der Waals surface area contributed by atoms with Crippen molar-refractivity contribution in [1.29, 1.82) is 0 Å². The number of hydrogen-bond acceptors (Lipinski definition) is 2. The highest BCUT2D eigenvalue weighted by molar-refractivity contribution is 5.75. The molecule has 1 fully saturated rings.